The van der Waals surface area contributed by atoms with Crippen molar-refractivity contribution >= 4 is 10.8 Å². The Morgan fingerprint density at radius 1 is 0.897 bits per heavy atom. The van der Waals surface area contributed by atoms with Crippen LogP contribution in [-0.4, -0.2) is 6.18 Å². The number of hydrogen-bond donors (Lipinski definition) is 0. The number of alkyl halides is 3. The van der Waals surface area contributed by atoms with E-state index in [0.717, 1.165) is 48.3 Å². The van der Waals surface area contributed by atoms with Crippen molar-refractivity contribution in [3.63, 3.8) is 0 Å². The molecular formula is C34H33F5. The van der Waals surface area contributed by atoms with Gasteiger partial charge >= 0.3 is 6.18 Å². The number of halogens is 5. The third-order valence-electron chi connectivity index (χ3n) is 8.42. The number of hydrogen-bond acceptors (Lipinski definition) is 0. The molecule has 3 aromatic carbocycles. The maximum atomic E-state index is 14.8. The van der Waals surface area contributed by atoms with E-state index < -0.39 is 23.4 Å². The zero-order chi connectivity index (χ0) is 27.6. The van der Waals surface area contributed by atoms with E-state index in [1.807, 2.05) is 0 Å². The highest BCUT2D eigenvalue weighted by Crippen LogP contribution is 2.38. The summed E-state index contributed by atoms with van der Waals surface area (Å²) >= 11 is 0. The third kappa shape index (κ3) is 6.38. The Bertz CT molecular complexity index is 1450. The van der Waals surface area contributed by atoms with Crippen LogP contribution in [0.3, 0.4) is 0 Å². The quantitative estimate of drug-likeness (QED) is 0.127. The largest absolute Gasteiger partial charge is 0.458 e. The van der Waals surface area contributed by atoms with Crippen molar-refractivity contribution in [2.45, 2.75) is 77.3 Å². The molecule has 2 aliphatic rings. The average Bonchev–Trinajstić information content (AvgIpc) is 2.92. The minimum atomic E-state index is -4.82. The monoisotopic (exact) mass is 536 g/mol. The van der Waals surface area contributed by atoms with Gasteiger partial charge in [0.25, 0.3) is 0 Å². The van der Waals surface area contributed by atoms with Crippen LogP contribution in [0.25, 0.3) is 21.9 Å². The molecule has 39 heavy (non-hydrogen) atoms. The summed E-state index contributed by atoms with van der Waals surface area (Å²) in [5.74, 6) is 1.84. The van der Waals surface area contributed by atoms with Crippen LogP contribution in [0, 0.1) is 35.3 Å². The van der Waals surface area contributed by atoms with Crippen LogP contribution < -0.4 is 0 Å². The molecule has 3 aromatic rings. The van der Waals surface area contributed by atoms with Crippen molar-refractivity contribution in [3.05, 3.63) is 82.4 Å². The Hall–Kier alpha value is -3.13. The number of benzene rings is 3. The molecule has 2 atom stereocenters. The minimum Gasteiger partial charge on any atom is -0.205 e. The first kappa shape index (κ1) is 27.4. The molecule has 0 aliphatic heterocycles. The maximum absolute atomic E-state index is 14.8. The lowest BCUT2D eigenvalue weighted by Gasteiger charge is -2.31. The summed E-state index contributed by atoms with van der Waals surface area (Å²) in [5, 5.41) is 0.330. The van der Waals surface area contributed by atoms with Gasteiger partial charge in [0.15, 0.2) is 0 Å². The Morgan fingerprint density at radius 3 is 2.44 bits per heavy atom. The molecule has 0 nitrogen and oxygen atoms in total. The highest BCUT2D eigenvalue weighted by molar-refractivity contribution is 5.89. The second kappa shape index (κ2) is 11.5. The second-order valence-electron chi connectivity index (χ2n) is 11.1. The van der Waals surface area contributed by atoms with Crippen molar-refractivity contribution in [1.29, 1.82) is 0 Å². The first-order valence-electron chi connectivity index (χ1n) is 14.0. The first-order valence-corrected chi connectivity index (χ1v) is 14.0. The molecule has 0 amide bonds. The lowest BCUT2D eigenvalue weighted by molar-refractivity contribution is -0.0696. The van der Waals surface area contributed by atoms with Gasteiger partial charge in [-0.05, 0) is 90.1 Å². The molecule has 0 saturated heterocycles. The third-order valence-corrected chi connectivity index (χ3v) is 8.42. The van der Waals surface area contributed by atoms with Crippen LogP contribution >= 0.6 is 0 Å². The molecule has 0 heterocycles. The minimum absolute atomic E-state index is 0.0424. The van der Waals surface area contributed by atoms with Gasteiger partial charge in [0.1, 0.15) is 11.6 Å². The Morgan fingerprint density at radius 2 is 1.69 bits per heavy atom. The summed E-state index contributed by atoms with van der Waals surface area (Å²) in [6, 6.07) is 12.3. The summed E-state index contributed by atoms with van der Waals surface area (Å²) in [4.78, 5) is 0. The summed E-state index contributed by atoms with van der Waals surface area (Å²) in [6.07, 6.45) is 9.98. The van der Waals surface area contributed by atoms with Crippen molar-refractivity contribution in [1.82, 2.24) is 0 Å². The van der Waals surface area contributed by atoms with Crippen molar-refractivity contribution in [2.75, 3.05) is 0 Å². The highest BCUT2D eigenvalue weighted by atomic mass is 19.4. The van der Waals surface area contributed by atoms with Crippen molar-refractivity contribution < 1.29 is 22.0 Å². The smallest absolute Gasteiger partial charge is 0.205 e. The zero-order valence-corrected chi connectivity index (χ0v) is 22.2. The Balaban J connectivity index is 1.32. The van der Waals surface area contributed by atoms with Crippen LogP contribution in [0.15, 0.2) is 54.1 Å². The van der Waals surface area contributed by atoms with Crippen LogP contribution in [0.2, 0.25) is 0 Å². The zero-order valence-electron chi connectivity index (χ0n) is 22.2. The van der Waals surface area contributed by atoms with E-state index in [0.29, 0.717) is 5.92 Å². The van der Waals surface area contributed by atoms with Gasteiger partial charge in [-0.1, -0.05) is 80.5 Å². The molecule has 0 saturated carbocycles. The molecule has 2 unspecified atom stereocenters. The molecule has 0 spiro atoms. The van der Waals surface area contributed by atoms with E-state index in [2.05, 4.69) is 31.2 Å². The normalized spacial score (nSPS) is 19.3. The van der Waals surface area contributed by atoms with E-state index in [4.69, 9.17) is 0 Å². The first-order chi connectivity index (χ1) is 18.7. The maximum Gasteiger partial charge on any atom is 0.458 e. The SMILES string of the molecule is CCCCCC1CC=C(C2CCc3cc(-c4ccc5c(F)c(C#CC(F)(F)F)c(F)cc5c4)ccc3C2)CC1. The van der Waals surface area contributed by atoms with Gasteiger partial charge in [-0.25, -0.2) is 8.78 Å². The molecule has 5 rings (SSSR count). The number of rotatable bonds is 6. The molecule has 204 valence electrons. The Labute approximate surface area is 227 Å². The van der Waals surface area contributed by atoms with Crippen molar-refractivity contribution in [3.8, 4) is 23.0 Å². The van der Waals surface area contributed by atoms with Crippen LogP contribution in [0.5, 0.6) is 0 Å². The molecule has 0 radical (unpaired) electrons. The molecule has 0 fully saturated rings. The van der Waals surface area contributed by atoms with Crippen LogP contribution in [-0.2, 0) is 12.8 Å². The van der Waals surface area contributed by atoms with Gasteiger partial charge in [0, 0.05) is 11.3 Å². The summed E-state index contributed by atoms with van der Waals surface area (Å²) in [6.45, 7) is 2.26. The topological polar surface area (TPSA) is 0 Å². The summed E-state index contributed by atoms with van der Waals surface area (Å²) in [7, 11) is 0. The lowest BCUT2D eigenvalue weighted by atomic mass is 9.74. The van der Waals surface area contributed by atoms with Gasteiger partial charge in [0.05, 0.1) is 5.56 Å². The van der Waals surface area contributed by atoms with Crippen molar-refractivity contribution in [2.24, 2.45) is 11.8 Å². The fourth-order valence-corrected chi connectivity index (χ4v) is 6.23. The standard InChI is InChI=1S/C34H33F5/c1-2-3-4-5-22-6-8-23(9-7-22)24-10-11-26-19-27(13-12-25(26)18-24)28-14-15-30-29(20-28)21-32(35)31(33(30)36)16-17-34(37,38)39/h8,12-15,19-22,24H,2-7,9-11,18H2,1H3. The van der Waals surface area contributed by atoms with E-state index in [1.165, 1.54) is 62.1 Å². The number of aryl methyl sites for hydroxylation is 1. The molecule has 0 aromatic heterocycles. The summed E-state index contributed by atoms with van der Waals surface area (Å²) in [5.41, 5.74) is 5.22. The fourth-order valence-electron chi connectivity index (χ4n) is 6.23. The van der Waals surface area contributed by atoms with Gasteiger partial charge in [-0.3, -0.25) is 0 Å². The van der Waals surface area contributed by atoms with Gasteiger partial charge in [0.2, 0.25) is 0 Å². The Kier molecular flexibility index (Phi) is 8.12. The van der Waals surface area contributed by atoms with Gasteiger partial charge in [-0.15, -0.1) is 0 Å². The average molecular weight is 537 g/mol. The van der Waals surface area contributed by atoms with E-state index in [-0.39, 0.29) is 10.8 Å². The second-order valence-corrected chi connectivity index (χ2v) is 11.1. The number of unbranched alkanes of at least 4 members (excludes halogenated alkanes) is 2. The predicted octanol–water partition coefficient (Wildman–Crippen LogP) is 10.1. The molecular weight excluding hydrogens is 503 g/mol. The number of fused-ring (bicyclic) bond motifs is 2. The van der Waals surface area contributed by atoms with Gasteiger partial charge in [-0.2, -0.15) is 13.2 Å². The van der Waals surface area contributed by atoms with Crippen LogP contribution in [0.1, 0.15) is 75.0 Å². The molecule has 2 aliphatic carbocycles. The lowest BCUT2D eigenvalue weighted by Crippen LogP contribution is -2.19. The van der Waals surface area contributed by atoms with E-state index in [1.54, 1.807) is 23.6 Å². The highest BCUT2D eigenvalue weighted by Gasteiger charge is 2.26. The molecule has 5 heteroatoms. The predicted molar refractivity (Wildman–Crippen MR) is 147 cm³/mol. The van der Waals surface area contributed by atoms with E-state index in [9.17, 15) is 22.0 Å². The summed E-state index contributed by atoms with van der Waals surface area (Å²) < 4.78 is 66.6. The number of allylic oxidation sites excluding steroid dienone is 2. The van der Waals surface area contributed by atoms with Crippen LogP contribution in [0.4, 0.5) is 22.0 Å². The molecule has 0 bridgehead atoms. The van der Waals surface area contributed by atoms with Gasteiger partial charge < -0.3 is 0 Å². The van der Waals surface area contributed by atoms with E-state index >= 15 is 0 Å². The fraction of sp³-hybridized carbons (Fsp3) is 0.412. The molecule has 0 N–H and O–H groups in total.